The molecule has 0 aromatic carbocycles. The van der Waals surface area contributed by atoms with E-state index in [4.69, 9.17) is 0 Å². The van der Waals surface area contributed by atoms with Gasteiger partial charge in [-0.1, -0.05) is 0 Å². The van der Waals surface area contributed by atoms with Gasteiger partial charge in [-0.2, -0.15) is 5.10 Å². The number of likely N-dealkylation sites (tertiary alicyclic amines) is 2. The third-order valence-electron chi connectivity index (χ3n) is 5.30. The average molecular weight is 304 g/mol. The number of rotatable bonds is 4. The average Bonchev–Trinajstić information content (AvgIpc) is 3.07. The zero-order valence-corrected chi connectivity index (χ0v) is 14.1. The smallest absolute Gasteiger partial charge is 0.230 e. The molecular weight excluding hydrogens is 276 g/mol. The zero-order chi connectivity index (χ0) is 15.7. The molecule has 3 rings (SSSR count). The van der Waals surface area contributed by atoms with Gasteiger partial charge in [0.05, 0.1) is 11.6 Å². The Kier molecular flexibility index (Phi) is 4.26. The lowest BCUT2D eigenvalue weighted by atomic mass is 9.78. The van der Waals surface area contributed by atoms with Crippen molar-refractivity contribution in [2.45, 2.75) is 45.6 Å². The van der Waals surface area contributed by atoms with Crippen LogP contribution in [-0.4, -0.2) is 57.7 Å². The molecule has 1 spiro atoms. The summed E-state index contributed by atoms with van der Waals surface area (Å²) in [5.74, 6) is 0.401. The molecule has 0 N–H and O–H groups in total. The Labute approximate surface area is 133 Å². The van der Waals surface area contributed by atoms with Crippen molar-refractivity contribution in [2.75, 3.05) is 26.2 Å². The van der Waals surface area contributed by atoms with Crippen molar-refractivity contribution < 1.29 is 4.79 Å². The number of nitrogens with zero attached hydrogens (tertiary/aromatic N) is 4. The van der Waals surface area contributed by atoms with E-state index in [-0.39, 0.29) is 5.41 Å². The molecule has 5 nitrogen and oxygen atoms in total. The molecule has 5 heteroatoms. The van der Waals surface area contributed by atoms with E-state index in [1.807, 2.05) is 17.9 Å². The van der Waals surface area contributed by atoms with Crippen LogP contribution in [0.4, 0.5) is 0 Å². The summed E-state index contributed by atoms with van der Waals surface area (Å²) in [7, 11) is 1.95. The quantitative estimate of drug-likeness (QED) is 0.850. The summed E-state index contributed by atoms with van der Waals surface area (Å²) < 4.78 is 1.85. The molecule has 0 saturated carbocycles. The molecule has 1 aromatic heterocycles. The minimum absolute atomic E-state index is 0.0997. The standard InChI is InChI=1S/C17H28N4O/c1-14(2)21-8-4-6-17(16(21)22)7-10-20(13-17)9-5-15-11-18-19(3)12-15/h11-12,14H,4-10,13H2,1-3H3/t17-/m1/s1. The Bertz CT molecular complexity index is 539. The maximum Gasteiger partial charge on any atom is 0.230 e. The number of hydrogen-bond acceptors (Lipinski definition) is 3. The van der Waals surface area contributed by atoms with Gasteiger partial charge in [0.25, 0.3) is 0 Å². The number of aryl methyl sites for hydroxylation is 1. The van der Waals surface area contributed by atoms with Gasteiger partial charge in [0, 0.05) is 38.9 Å². The summed E-state index contributed by atoms with van der Waals surface area (Å²) in [6.07, 6.45) is 8.29. The Morgan fingerprint density at radius 2 is 2.14 bits per heavy atom. The van der Waals surface area contributed by atoms with Gasteiger partial charge in [-0.05, 0) is 51.6 Å². The molecule has 2 aliphatic heterocycles. The van der Waals surface area contributed by atoms with Crippen LogP contribution in [0.3, 0.4) is 0 Å². The van der Waals surface area contributed by atoms with Gasteiger partial charge < -0.3 is 9.80 Å². The van der Waals surface area contributed by atoms with Crippen molar-refractivity contribution in [3.05, 3.63) is 18.0 Å². The third kappa shape index (κ3) is 2.91. The predicted octanol–water partition coefficient (Wildman–Crippen LogP) is 1.69. The SMILES string of the molecule is CC(C)N1CCC[C@]2(CCN(CCc3cnn(C)c3)C2)C1=O. The largest absolute Gasteiger partial charge is 0.340 e. The Morgan fingerprint density at radius 1 is 1.32 bits per heavy atom. The molecule has 1 aromatic rings. The van der Waals surface area contributed by atoms with Crippen molar-refractivity contribution >= 4 is 5.91 Å². The molecule has 0 aliphatic carbocycles. The number of carbonyl (C=O) groups is 1. The second-order valence-corrected chi connectivity index (χ2v) is 7.27. The summed E-state index contributed by atoms with van der Waals surface area (Å²) in [5, 5.41) is 4.22. The van der Waals surface area contributed by atoms with E-state index >= 15 is 0 Å². The van der Waals surface area contributed by atoms with E-state index < -0.39 is 0 Å². The van der Waals surface area contributed by atoms with Crippen molar-refractivity contribution in [3.63, 3.8) is 0 Å². The summed E-state index contributed by atoms with van der Waals surface area (Å²) in [6.45, 7) is 8.22. The molecule has 0 bridgehead atoms. The van der Waals surface area contributed by atoms with Gasteiger partial charge in [0.2, 0.25) is 5.91 Å². The van der Waals surface area contributed by atoms with Gasteiger partial charge >= 0.3 is 0 Å². The lowest BCUT2D eigenvalue weighted by molar-refractivity contribution is -0.147. The van der Waals surface area contributed by atoms with E-state index in [0.717, 1.165) is 51.9 Å². The first-order valence-corrected chi connectivity index (χ1v) is 8.51. The maximum atomic E-state index is 12.9. The lowest BCUT2D eigenvalue weighted by Gasteiger charge is -2.41. The van der Waals surface area contributed by atoms with Crippen molar-refractivity contribution in [1.82, 2.24) is 19.6 Å². The molecule has 0 radical (unpaired) electrons. The normalized spacial score (nSPS) is 26.5. The summed E-state index contributed by atoms with van der Waals surface area (Å²) >= 11 is 0. The first kappa shape index (κ1) is 15.5. The van der Waals surface area contributed by atoms with Gasteiger partial charge in [-0.3, -0.25) is 9.48 Å². The van der Waals surface area contributed by atoms with E-state index in [9.17, 15) is 4.79 Å². The zero-order valence-electron chi connectivity index (χ0n) is 14.1. The second-order valence-electron chi connectivity index (χ2n) is 7.27. The molecule has 3 heterocycles. The molecule has 1 amide bonds. The summed E-state index contributed by atoms with van der Waals surface area (Å²) in [6, 6.07) is 0.328. The Balaban J connectivity index is 1.59. The molecule has 2 fully saturated rings. The number of aromatic nitrogens is 2. The van der Waals surface area contributed by atoms with E-state index in [1.165, 1.54) is 5.56 Å². The monoisotopic (exact) mass is 304 g/mol. The molecule has 2 saturated heterocycles. The Morgan fingerprint density at radius 3 is 2.82 bits per heavy atom. The van der Waals surface area contributed by atoms with Gasteiger partial charge in [0.15, 0.2) is 0 Å². The molecular formula is C17H28N4O. The van der Waals surface area contributed by atoms with Crippen LogP contribution in [0.5, 0.6) is 0 Å². The van der Waals surface area contributed by atoms with Crippen LogP contribution in [0.25, 0.3) is 0 Å². The van der Waals surface area contributed by atoms with Gasteiger partial charge in [-0.25, -0.2) is 0 Å². The van der Waals surface area contributed by atoms with Crippen LogP contribution < -0.4 is 0 Å². The number of carbonyl (C=O) groups excluding carboxylic acids is 1. The number of piperidine rings is 1. The van der Waals surface area contributed by atoms with Crippen LogP contribution in [0.2, 0.25) is 0 Å². The highest BCUT2D eigenvalue weighted by molar-refractivity contribution is 5.84. The minimum atomic E-state index is -0.0997. The fourth-order valence-electron chi connectivity index (χ4n) is 4.01. The molecule has 22 heavy (non-hydrogen) atoms. The van der Waals surface area contributed by atoms with Crippen molar-refractivity contribution in [3.8, 4) is 0 Å². The number of hydrogen-bond donors (Lipinski definition) is 0. The third-order valence-corrected chi connectivity index (χ3v) is 5.30. The second kappa shape index (κ2) is 6.03. The first-order chi connectivity index (χ1) is 10.5. The maximum absolute atomic E-state index is 12.9. The van der Waals surface area contributed by atoms with Crippen LogP contribution >= 0.6 is 0 Å². The van der Waals surface area contributed by atoms with Crippen molar-refractivity contribution in [2.24, 2.45) is 12.5 Å². The molecule has 122 valence electrons. The fraction of sp³-hybridized carbons (Fsp3) is 0.765. The lowest BCUT2D eigenvalue weighted by Crippen LogP contribution is -2.52. The van der Waals surface area contributed by atoms with Crippen LogP contribution in [-0.2, 0) is 18.3 Å². The minimum Gasteiger partial charge on any atom is -0.340 e. The molecule has 1 atom stereocenters. The van der Waals surface area contributed by atoms with E-state index in [0.29, 0.717) is 11.9 Å². The Hall–Kier alpha value is -1.36. The molecule has 0 unspecified atom stereocenters. The van der Waals surface area contributed by atoms with E-state index in [1.54, 1.807) is 0 Å². The summed E-state index contributed by atoms with van der Waals surface area (Å²) in [4.78, 5) is 17.5. The van der Waals surface area contributed by atoms with Gasteiger partial charge in [-0.15, -0.1) is 0 Å². The van der Waals surface area contributed by atoms with Crippen LogP contribution in [0.15, 0.2) is 12.4 Å². The molecule has 2 aliphatic rings. The predicted molar refractivity (Wildman–Crippen MR) is 86.5 cm³/mol. The van der Waals surface area contributed by atoms with Crippen LogP contribution in [0.1, 0.15) is 38.7 Å². The highest BCUT2D eigenvalue weighted by Crippen LogP contribution is 2.40. The van der Waals surface area contributed by atoms with Crippen molar-refractivity contribution in [1.29, 1.82) is 0 Å². The number of amides is 1. The highest BCUT2D eigenvalue weighted by atomic mass is 16.2. The highest BCUT2D eigenvalue weighted by Gasteiger charge is 2.48. The van der Waals surface area contributed by atoms with Gasteiger partial charge in [0.1, 0.15) is 0 Å². The fourth-order valence-corrected chi connectivity index (χ4v) is 4.01. The van der Waals surface area contributed by atoms with Crippen LogP contribution in [0, 0.1) is 5.41 Å². The summed E-state index contributed by atoms with van der Waals surface area (Å²) in [5.41, 5.74) is 1.18. The topological polar surface area (TPSA) is 41.4 Å². The first-order valence-electron chi connectivity index (χ1n) is 8.51. The van der Waals surface area contributed by atoms with E-state index in [2.05, 4.69) is 34.9 Å².